The Morgan fingerprint density at radius 1 is 1.47 bits per heavy atom. The van der Waals surface area contributed by atoms with Crippen LogP contribution in [-0.2, 0) is 6.18 Å². The third-order valence-corrected chi connectivity index (χ3v) is 2.32. The van der Waals surface area contributed by atoms with E-state index in [1.165, 1.54) is 6.92 Å². The minimum absolute atomic E-state index is 0.0215. The summed E-state index contributed by atoms with van der Waals surface area (Å²) in [5.41, 5.74) is -2.19. The molecule has 0 aliphatic rings. The highest BCUT2D eigenvalue weighted by molar-refractivity contribution is 5.94. The molecule has 1 atom stereocenters. The predicted octanol–water partition coefficient (Wildman–Crippen LogP) is 2.88. The Hall–Kier alpha value is -2.10. The predicted molar refractivity (Wildman–Crippen MR) is 58.6 cm³/mol. The van der Waals surface area contributed by atoms with Gasteiger partial charge < -0.3 is 5.32 Å². The number of nitriles is 1. The average molecular weight is 274 g/mol. The lowest BCUT2D eigenvalue weighted by Crippen LogP contribution is -2.33. The number of nitrogens with one attached hydrogen (secondary N) is 1. The van der Waals surface area contributed by atoms with Crippen LogP contribution in [0.25, 0.3) is 0 Å². The standard InChI is InChI=1S/C12H10F4N2O/c1-7(5-6-17)18-11(19)8-3-2-4-9(10(8)13)12(14,15)16/h2-4,7H,5H2,1H3,(H,18,19). The summed E-state index contributed by atoms with van der Waals surface area (Å²) in [5, 5.41) is 10.6. The highest BCUT2D eigenvalue weighted by atomic mass is 19.4. The molecule has 1 N–H and O–H groups in total. The minimum Gasteiger partial charge on any atom is -0.348 e. The van der Waals surface area contributed by atoms with Gasteiger partial charge in [0.25, 0.3) is 5.91 Å². The molecule has 1 unspecified atom stereocenters. The molecule has 0 aliphatic carbocycles. The van der Waals surface area contributed by atoms with Gasteiger partial charge in [-0.1, -0.05) is 6.07 Å². The molecule has 1 rings (SSSR count). The fourth-order valence-electron chi connectivity index (χ4n) is 1.42. The van der Waals surface area contributed by atoms with Crippen LogP contribution in [0.15, 0.2) is 18.2 Å². The summed E-state index contributed by atoms with van der Waals surface area (Å²) in [4.78, 5) is 11.6. The molecule has 0 heterocycles. The molecule has 1 aromatic rings. The van der Waals surface area contributed by atoms with Crippen molar-refractivity contribution >= 4 is 5.91 Å². The Balaban J connectivity index is 3.03. The number of carbonyl (C=O) groups excluding carboxylic acids is 1. The summed E-state index contributed by atoms with van der Waals surface area (Å²) in [7, 11) is 0. The summed E-state index contributed by atoms with van der Waals surface area (Å²) in [6.07, 6.45) is -4.88. The molecule has 0 bridgehead atoms. The molecule has 0 saturated carbocycles. The van der Waals surface area contributed by atoms with Crippen LogP contribution in [0.4, 0.5) is 17.6 Å². The Morgan fingerprint density at radius 2 is 2.11 bits per heavy atom. The van der Waals surface area contributed by atoms with Crippen molar-refractivity contribution in [3.05, 3.63) is 35.1 Å². The normalized spacial score (nSPS) is 12.6. The molecule has 0 aliphatic heterocycles. The molecule has 7 heteroatoms. The second-order valence-corrected chi connectivity index (χ2v) is 3.90. The molecule has 1 aromatic carbocycles. The van der Waals surface area contributed by atoms with Crippen molar-refractivity contribution in [2.45, 2.75) is 25.6 Å². The van der Waals surface area contributed by atoms with E-state index in [-0.39, 0.29) is 6.42 Å². The number of carbonyl (C=O) groups is 1. The van der Waals surface area contributed by atoms with Gasteiger partial charge in [0.05, 0.1) is 23.6 Å². The summed E-state index contributed by atoms with van der Waals surface area (Å²) in [5.74, 6) is -2.59. The van der Waals surface area contributed by atoms with Gasteiger partial charge in [-0.15, -0.1) is 0 Å². The molecular formula is C12H10F4N2O. The van der Waals surface area contributed by atoms with Gasteiger partial charge in [0.15, 0.2) is 0 Å². The van der Waals surface area contributed by atoms with E-state index in [0.717, 1.165) is 12.1 Å². The second-order valence-electron chi connectivity index (χ2n) is 3.90. The Kier molecular flexibility index (Phi) is 4.48. The second kappa shape index (κ2) is 5.69. The Morgan fingerprint density at radius 3 is 2.63 bits per heavy atom. The van der Waals surface area contributed by atoms with E-state index < -0.39 is 35.1 Å². The van der Waals surface area contributed by atoms with Gasteiger partial charge in [-0.05, 0) is 19.1 Å². The first-order valence-electron chi connectivity index (χ1n) is 5.31. The van der Waals surface area contributed by atoms with Crippen LogP contribution in [0.5, 0.6) is 0 Å². The van der Waals surface area contributed by atoms with Crippen LogP contribution in [0.2, 0.25) is 0 Å². The molecule has 19 heavy (non-hydrogen) atoms. The zero-order chi connectivity index (χ0) is 14.6. The van der Waals surface area contributed by atoms with Gasteiger partial charge in [-0.25, -0.2) is 4.39 Å². The largest absolute Gasteiger partial charge is 0.419 e. The van der Waals surface area contributed by atoms with E-state index in [0.29, 0.717) is 6.07 Å². The smallest absolute Gasteiger partial charge is 0.348 e. The maximum atomic E-state index is 13.6. The lowest BCUT2D eigenvalue weighted by Gasteiger charge is -2.13. The molecule has 0 fully saturated rings. The first-order valence-corrected chi connectivity index (χ1v) is 5.31. The number of nitrogens with zero attached hydrogens (tertiary/aromatic N) is 1. The third kappa shape index (κ3) is 3.68. The van der Waals surface area contributed by atoms with E-state index in [1.54, 1.807) is 6.07 Å². The van der Waals surface area contributed by atoms with E-state index >= 15 is 0 Å². The topological polar surface area (TPSA) is 52.9 Å². The summed E-state index contributed by atoms with van der Waals surface area (Å²) >= 11 is 0. The van der Waals surface area contributed by atoms with Crippen molar-refractivity contribution in [3.63, 3.8) is 0 Å². The van der Waals surface area contributed by atoms with Crippen LogP contribution in [-0.4, -0.2) is 11.9 Å². The number of rotatable bonds is 3. The minimum atomic E-state index is -4.86. The van der Waals surface area contributed by atoms with Crippen LogP contribution < -0.4 is 5.32 Å². The monoisotopic (exact) mass is 274 g/mol. The number of halogens is 4. The van der Waals surface area contributed by atoms with Gasteiger partial charge in [0, 0.05) is 6.04 Å². The molecule has 3 nitrogen and oxygen atoms in total. The molecule has 102 valence electrons. The summed E-state index contributed by atoms with van der Waals surface area (Å²) < 4.78 is 51.0. The van der Waals surface area contributed by atoms with Crippen molar-refractivity contribution in [1.29, 1.82) is 5.26 Å². The third-order valence-electron chi connectivity index (χ3n) is 2.32. The van der Waals surface area contributed by atoms with Crippen molar-refractivity contribution in [3.8, 4) is 6.07 Å². The van der Waals surface area contributed by atoms with Crippen molar-refractivity contribution in [1.82, 2.24) is 5.32 Å². The molecule has 1 amide bonds. The Bertz CT molecular complexity index is 519. The molecule has 0 spiro atoms. The van der Waals surface area contributed by atoms with Crippen LogP contribution in [0, 0.1) is 17.1 Å². The maximum Gasteiger partial charge on any atom is 0.419 e. The first-order chi connectivity index (χ1) is 8.77. The van der Waals surface area contributed by atoms with Gasteiger partial charge in [0.2, 0.25) is 0 Å². The average Bonchev–Trinajstić information content (AvgIpc) is 2.27. The van der Waals surface area contributed by atoms with Crippen LogP contribution >= 0.6 is 0 Å². The molecule has 0 radical (unpaired) electrons. The zero-order valence-corrected chi connectivity index (χ0v) is 9.88. The highest BCUT2D eigenvalue weighted by Crippen LogP contribution is 2.32. The van der Waals surface area contributed by atoms with Crippen LogP contribution in [0.3, 0.4) is 0 Å². The van der Waals surface area contributed by atoms with E-state index in [9.17, 15) is 22.4 Å². The van der Waals surface area contributed by atoms with E-state index in [1.807, 2.05) is 0 Å². The van der Waals surface area contributed by atoms with Crippen molar-refractivity contribution in [2.75, 3.05) is 0 Å². The lowest BCUT2D eigenvalue weighted by molar-refractivity contribution is -0.140. The van der Waals surface area contributed by atoms with Gasteiger partial charge in [0.1, 0.15) is 5.82 Å². The van der Waals surface area contributed by atoms with Gasteiger partial charge in [-0.3, -0.25) is 4.79 Å². The number of hydrogen-bond donors (Lipinski definition) is 1. The fourth-order valence-corrected chi connectivity index (χ4v) is 1.42. The van der Waals surface area contributed by atoms with Crippen molar-refractivity contribution < 1.29 is 22.4 Å². The molecule has 0 aromatic heterocycles. The van der Waals surface area contributed by atoms with Crippen molar-refractivity contribution in [2.24, 2.45) is 0 Å². The number of alkyl halides is 3. The SMILES string of the molecule is CC(CC#N)NC(=O)c1cccc(C(F)(F)F)c1F. The lowest BCUT2D eigenvalue weighted by atomic mass is 10.1. The van der Waals surface area contributed by atoms with Crippen LogP contribution in [0.1, 0.15) is 29.3 Å². The maximum absolute atomic E-state index is 13.6. The number of amides is 1. The summed E-state index contributed by atoms with van der Waals surface area (Å²) in [6.45, 7) is 1.49. The van der Waals surface area contributed by atoms with E-state index in [4.69, 9.17) is 5.26 Å². The summed E-state index contributed by atoms with van der Waals surface area (Å²) in [6, 6.07) is 3.68. The first kappa shape index (κ1) is 15.0. The Labute approximate surface area is 106 Å². The van der Waals surface area contributed by atoms with E-state index in [2.05, 4.69) is 5.32 Å². The highest BCUT2D eigenvalue weighted by Gasteiger charge is 2.35. The zero-order valence-electron chi connectivity index (χ0n) is 9.88. The number of benzene rings is 1. The molecule has 0 saturated heterocycles. The number of hydrogen-bond acceptors (Lipinski definition) is 2. The van der Waals surface area contributed by atoms with Gasteiger partial charge >= 0.3 is 6.18 Å². The van der Waals surface area contributed by atoms with Gasteiger partial charge in [-0.2, -0.15) is 18.4 Å². The fraction of sp³-hybridized carbons (Fsp3) is 0.333. The molecular weight excluding hydrogens is 264 g/mol. The quantitative estimate of drug-likeness (QED) is 0.862.